The second kappa shape index (κ2) is 4.60. The van der Waals surface area contributed by atoms with Gasteiger partial charge in [-0.05, 0) is 26.0 Å². The monoisotopic (exact) mass is 193 g/mol. The second-order valence-corrected chi connectivity index (χ2v) is 3.31. The van der Waals surface area contributed by atoms with Gasteiger partial charge in [0.15, 0.2) is 0 Å². The average Bonchev–Trinajstić information content (AvgIpc) is 2.17. The zero-order valence-corrected chi connectivity index (χ0v) is 8.66. The van der Waals surface area contributed by atoms with E-state index in [1.54, 1.807) is 19.3 Å². The molecule has 1 amide bonds. The fourth-order valence-corrected chi connectivity index (χ4v) is 1.05. The van der Waals surface area contributed by atoms with Crippen molar-refractivity contribution in [2.75, 3.05) is 12.4 Å². The number of amides is 1. The molecule has 4 nitrogen and oxygen atoms in total. The van der Waals surface area contributed by atoms with E-state index in [0.717, 1.165) is 5.69 Å². The Hall–Kier alpha value is -1.58. The van der Waals surface area contributed by atoms with Crippen molar-refractivity contribution in [3.63, 3.8) is 0 Å². The lowest BCUT2D eigenvalue weighted by Gasteiger charge is -2.08. The average molecular weight is 193 g/mol. The van der Waals surface area contributed by atoms with E-state index in [9.17, 15) is 4.79 Å². The van der Waals surface area contributed by atoms with Crippen molar-refractivity contribution in [3.8, 4) is 0 Å². The quantitative estimate of drug-likeness (QED) is 0.760. The summed E-state index contributed by atoms with van der Waals surface area (Å²) in [4.78, 5) is 15.5. The molecule has 2 N–H and O–H groups in total. The summed E-state index contributed by atoms with van der Waals surface area (Å²) in [7, 11) is 1.81. The number of aromatic nitrogens is 1. The van der Waals surface area contributed by atoms with Crippen LogP contribution >= 0.6 is 0 Å². The summed E-state index contributed by atoms with van der Waals surface area (Å²) in [5.41, 5.74) is 1.32. The molecule has 0 aliphatic rings. The van der Waals surface area contributed by atoms with Gasteiger partial charge in [0.05, 0.1) is 0 Å². The summed E-state index contributed by atoms with van der Waals surface area (Å²) < 4.78 is 0. The van der Waals surface area contributed by atoms with E-state index in [-0.39, 0.29) is 11.9 Å². The molecule has 4 heteroatoms. The summed E-state index contributed by atoms with van der Waals surface area (Å²) in [5.74, 6) is -0.142. The number of rotatable bonds is 3. The molecule has 0 fully saturated rings. The molecule has 0 saturated carbocycles. The molecule has 0 aromatic carbocycles. The third-order valence-electron chi connectivity index (χ3n) is 1.70. The van der Waals surface area contributed by atoms with Crippen LogP contribution in [0.25, 0.3) is 0 Å². The second-order valence-electron chi connectivity index (χ2n) is 3.31. The van der Waals surface area contributed by atoms with Crippen LogP contribution in [0.1, 0.15) is 24.3 Å². The van der Waals surface area contributed by atoms with Crippen LogP contribution in [0.5, 0.6) is 0 Å². The first-order valence-corrected chi connectivity index (χ1v) is 4.58. The molecule has 1 rings (SSSR count). The van der Waals surface area contributed by atoms with Gasteiger partial charge in [-0.25, -0.2) is 0 Å². The highest BCUT2D eigenvalue weighted by Gasteiger charge is 2.08. The van der Waals surface area contributed by atoms with Crippen LogP contribution in [-0.2, 0) is 0 Å². The van der Waals surface area contributed by atoms with Gasteiger partial charge in [0, 0.05) is 25.0 Å². The molecular formula is C10H15N3O. The van der Waals surface area contributed by atoms with Crippen molar-refractivity contribution < 1.29 is 4.79 Å². The van der Waals surface area contributed by atoms with Gasteiger partial charge in [-0.2, -0.15) is 0 Å². The fourth-order valence-electron chi connectivity index (χ4n) is 1.05. The Balaban J connectivity index is 2.79. The summed E-state index contributed by atoms with van der Waals surface area (Å²) in [5, 5.41) is 5.74. The molecule has 0 saturated heterocycles. The number of nitrogens with zero attached hydrogens (tertiary/aromatic N) is 1. The first-order valence-electron chi connectivity index (χ1n) is 4.58. The molecular weight excluding hydrogens is 178 g/mol. The summed E-state index contributed by atoms with van der Waals surface area (Å²) in [6.07, 6.45) is 1.61. The smallest absolute Gasteiger partial charge is 0.270 e. The normalized spacial score (nSPS) is 10.0. The molecule has 0 aliphatic heterocycles. The minimum atomic E-state index is -0.142. The lowest BCUT2D eigenvalue weighted by atomic mass is 10.3. The van der Waals surface area contributed by atoms with Gasteiger partial charge in [0.25, 0.3) is 5.91 Å². The van der Waals surface area contributed by atoms with Crippen LogP contribution in [0.3, 0.4) is 0 Å². The maximum Gasteiger partial charge on any atom is 0.270 e. The van der Waals surface area contributed by atoms with Crippen molar-refractivity contribution in [2.45, 2.75) is 19.9 Å². The Labute approximate surface area is 83.7 Å². The number of nitrogens with one attached hydrogen (secondary N) is 2. The van der Waals surface area contributed by atoms with Crippen LogP contribution in [0.4, 0.5) is 5.69 Å². The van der Waals surface area contributed by atoms with Crippen molar-refractivity contribution in [1.82, 2.24) is 10.3 Å². The number of carbonyl (C=O) groups is 1. The molecule has 0 spiro atoms. The highest BCUT2D eigenvalue weighted by molar-refractivity contribution is 5.93. The predicted molar refractivity (Wildman–Crippen MR) is 56.4 cm³/mol. The molecule has 0 atom stereocenters. The lowest BCUT2D eigenvalue weighted by Crippen LogP contribution is -2.30. The van der Waals surface area contributed by atoms with Gasteiger partial charge >= 0.3 is 0 Å². The Morgan fingerprint density at radius 2 is 2.21 bits per heavy atom. The largest absolute Gasteiger partial charge is 0.388 e. The van der Waals surface area contributed by atoms with Gasteiger partial charge in [-0.3, -0.25) is 9.78 Å². The Morgan fingerprint density at radius 3 is 2.79 bits per heavy atom. The molecule has 1 aromatic heterocycles. The van der Waals surface area contributed by atoms with Gasteiger partial charge in [-0.1, -0.05) is 0 Å². The van der Waals surface area contributed by atoms with Gasteiger partial charge in [0.1, 0.15) is 5.69 Å². The van der Waals surface area contributed by atoms with Crippen LogP contribution < -0.4 is 10.6 Å². The van der Waals surface area contributed by atoms with Gasteiger partial charge in [-0.15, -0.1) is 0 Å². The highest BCUT2D eigenvalue weighted by Crippen LogP contribution is 2.06. The van der Waals surface area contributed by atoms with Crippen molar-refractivity contribution in [1.29, 1.82) is 0 Å². The highest BCUT2D eigenvalue weighted by atomic mass is 16.1. The third-order valence-corrected chi connectivity index (χ3v) is 1.70. The Morgan fingerprint density at radius 1 is 1.50 bits per heavy atom. The maximum atomic E-state index is 11.5. The standard InChI is InChI=1S/C10H15N3O/c1-7(2)13-10(14)9-6-8(11-3)4-5-12-9/h4-7H,1-3H3,(H,11,12)(H,13,14). The summed E-state index contributed by atoms with van der Waals surface area (Å²) in [6, 6.07) is 3.66. The number of hydrogen-bond donors (Lipinski definition) is 2. The molecule has 0 aliphatic carbocycles. The molecule has 1 heterocycles. The first kappa shape index (κ1) is 10.5. The van der Waals surface area contributed by atoms with E-state index in [0.29, 0.717) is 5.69 Å². The van der Waals surface area contributed by atoms with E-state index >= 15 is 0 Å². The van der Waals surface area contributed by atoms with E-state index in [4.69, 9.17) is 0 Å². The first-order chi connectivity index (χ1) is 6.63. The van der Waals surface area contributed by atoms with Crippen LogP contribution in [0, 0.1) is 0 Å². The van der Waals surface area contributed by atoms with E-state index in [1.165, 1.54) is 0 Å². The SMILES string of the molecule is CNc1ccnc(C(=O)NC(C)C)c1. The van der Waals surface area contributed by atoms with Crippen LogP contribution in [0.2, 0.25) is 0 Å². The molecule has 0 unspecified atom stereocenters. The summed E-state index contributed by atoms with van der Waals surface area (Å²) >= 11 is 0. The maximum absolute atomic E-state index is 11.5. The van der Waals surface area contributed by atoms with E-state index in [2.05, 4.69) is 15.6 Å². The van der Waals surface area contributed by atoms with E-state index < -0.39 is 0 Å². The molecule has 14 heavy (non-hydrogen) atoms. The molecule has 76 valence electrons. The number of anilines is 1. The number of hydrogen-bond acceptors (Lipinski definition) is 3. The molecule has 0 bridgehead atoms. The van der Waals surface area contributed by atoms with Crippen molar-refractivity contribution in [2.24, 2.45) is 0 Å². The van der Waals surface area contributed by atoms with Crippen LogP contribution in [-0.4, -0.2) is 24.0 Å². The topological polar surface area (TPSA) is 54.0 Å². The fraction of sp³-hybridized carbons (Fsp3) is 0.400. The van der Waals surface area contributed by atoms with Gasteiger partial charge in [0.2, 0.25) is 0 Å². The molecule has 0 radical (unpaired) electrons. The molecule has 1 aromatic rings. The lowest BCUT2D eigenvalue weighted by molar-refractivity contribution is 0.0938. The number of carbonyl (C=O) groups excluding carboxylic acids is 1. The number of pyridine rings is 1. The van der Waals surface area contributed by atoms with Crippen molar-refractivity contribution >= 4 is 11.6 Å². The summed E-state index contributed by atoms with van der Waals surface area (Å²) in [6.45, 7) is 3.83. The van der Waals surface area contributed by atoms with Gasteiger partial charge < -0.3 is 10.6 Å². The predicted octanol–water partition coefficient (Wildman–Crippen LogP) is 1.26. The van der Waals surface area contributed by atoms with Crippen LogP contribution in [0.15, 0.2) is 18.3 Å². The minimum Gasteiger partial charge on any atom is -0.388 e. The van der Waals surface area contributed by atoms with Crippen molar-refractivity contribution in [3.05, 3.63) is 24.0 Å². The minimum absolute atomic E-state index is 0.127. The third kappa shape index (κ3) is 2.73. The Kier molecular flexibility index (Phi) is 3.45. The van der Waals surface area contributed by atoms with E-state index in [1.807, 2.05) is 19.9 Å². The Bertz CT molecular complexity index is 323. The zero-order valence-electron chi connectivity index (χ0n) is 8.66. The zero-order chi connectivity index (χ0) is 10.6.